The maximum atomic E-state index is 4.00. The Morgan fingerprint density at radius 2 is 1.13 bits per heavy atom. The van der Waals surface area contributed by atoms with Crippen LogP contribution in [0.1, 0.15) is 59.7 Å². The number of fused-ring (bicyclic) bond motifs is 17. The molecular formula is C65H47NS. The minimum atomic E-state index is -0.505. The molecule has 1 atom stereocenters. The zero-order valence-electron chi connectivity index (χ0n) is 37.8. The van der Waals surface area contributed by atoms with Crippen molar-refractivity contribution in [1.29, 1.82) is 0 Å². The Morgan fingerprint density at radius 3 is 1.93 bits per heavy atom. The Kier molecular flexibility index (Phi) is 8.78. The Labute approximate surface area is 397 Å². The van der Waals surface area contributed by atoms with Gasteiger partial charge in [0.05, 0.1) is 5.41 Å². The fourth-order valence-electron chi connectivity index (χ4n) is 12.2. The van der Waals surface area contributed by atoms with Gasteiger partial charge in [0, 0.05) is 48.2 Å². The average molecular weight is 874 g/mol. The van der Waals surface area contributed by atoms with Crippen molar-refractivity contribution < 1.29 is 0 Å². The lowest BCUT2D eigenvalue weighted by Gasteiger charge is -2.32. The van der Waals surface area contributed by atoms with Gasteiger partial charge in [-0.2, -0.15) is 0 Å². The zero-order chi connectivity index (χ0) is 45.0. The molecule has 10 aromatic rings. The first-order chi connectivity index (χ1) is 32.9. The summed E-state index contributed by atoms with van der Waals surface area (Å²) in [5.41, 5.74) is 23.5. The summed E-state index contributed by atoms with van der Waals surface area (Å²) in [6.45, 7) is 10.8. The first-order valence-electron chi connectivity index (χ1n) is 23.4. The van der Waals surface area contributed by atoms with E-state index in [1.165, 1.54) is 98.1 Å². The molecule has 0 saturated heterocycles. The van der Waals surface area contributed by atoms with Crippen LogP contribution in [-0.4, -0.2) is 0 Å². The van der Waals surface area contributed by atoms with Gasteiger partial charge in [0.2, 0.25) is 0 Å². The SMILES string of the molecule is C=C/C=C(\C=C/C)c1ccc(N(c2cccc(-c3cccc4c3C3(c5ccccc5-4)c4ccccc4-c4c3ccc3c4sc4ccccc43)c2)c2ccc3c(c2)C(C)(C)c2ccccc2-3)cc1. The molecule has 0 N–H and O–H groups in total. The lowest BCUT2D eigenvalue weighted by Crippen LogP contribution is -2.26. The van der Waals surface area contributed by atoms with Gasteiger partial charge >= 0.3 is 0 Å². The van der Waals surface area contributed by atoms with Crippen LogP contribution in [0.4, 0.5) is 17.1 Å². The number of nitrogens with zero attached hydrogens (tertiary/aromatic N) is 1. The number of allylic oxidation sites excluding steroid dienone is 5. The standard InChI is InChI=1S/C65H47NS/c1-5-17-41(18-6-2)42-31-33-44(34-32-42)66(46-35-36-50-48-21-7-11-27-55(48)64(3,4)59(50)40-46)45-20-15-19-43(39-45)47-25-16-26-52-49-22-8-12-28-56(49)65(62(47)52)57-29-13-9-24-54(57)61-58(65)38-37-53-51-23-10-14-30-60(51)67-63(53)61/h5-40H,1H2,2-4H3/b18-6-,41-17+. The zero-order valence-corrected chi connectivity index (χ0v) is 38.7. The first-order valence-corrected chi connectivity index (χ1v) is 24.2. The largest absolute Gasteiger partial charge is 0.310 e. The quantitative estimate of drug-likeness (QED) is 0.144. The summed E-state index contributed by atoms with van der Waals surface area (Å²) in [5.74, 6) is 0. The van der Waals surface area contributed by atoms with Crippen molar-refractivity contribution in [3.8, 4) is 44.5 Å². The number of anilines is 3. The van der Waals surface area contributed by atoms with Crippen LogP contribution in [0.25, 0.3) is 70.3 Å². The van der Waals surface area contributed by atoms with E-state index in [0.29, 0.717) is 0 Å². The lowest BCUT2D eigenvalue weighted by atomic mass is 9.68. The second-order valence-electron chi connectivity index (χ2n) is 18.7. The smallest absolute Gasteiger partial charge is 0.0732 e. The van der Waals surface area contributed by atoms with Gasteiger partial charge in [0.15, 0.2) is 0 Å². The van der Waals surface area contributed by atoms with Gasteiger partial charge in [-0.3, -0.25) is 0 Å². The van der Waals surface area contributed by atoms with Crippen LogP contribution in [0.5, 0.6) is 0 Å². The predicted octanol–water partition coefficient (Wildman–Crippen LogP) is 18.0. The summed E-state index contributed by atoms with van der Waals surface area (Å²) < 4.78 is 2.70. The molecule has 0 radical (unpaired) electrons. The molecule has 2 heteroatoms. The lowest BCUT2D eigenvalue weighted by molar-refractivity contribution is 0.660. The van der Waals surface area contributed by atoms with E-state index >= 15 is 0 Å². The highest BCUT2D eigenvalue weighted by atomic mass is 32.1. The molecule has 0 amide bonds. The number of benzene rings is 9. The van der Waals surface area contributed by atoms with E-state index in [1.807, 2.05) is 17.4 Å². The van der Waals surface area contributed by atoms with E-state index in [-0.39, 0.29) is 5.41 Å². The minimum Gasteiger partial charge on any atom is -0.310 e. The molecule has 0 aliphatic heterocycles. The van der Waals surface area contributed by atoms with E-state index in [0.717, 1.165) is 28.2 Å². The summed E-state index contributed by atoms with van der Waals surface area (Å²) in [6.07, 6.45) is 8.17. The van der Waals surface area contributed by atoms with Crippen LogP contribution in [0.15, 0.2) is 225 Å². The topological polar surface area (TPSA) is 3.24 Å². The highest BCUT2D eigenvalue weighted by molar-refractivity contribution is 7.26. The summed E-state index contributed by atoms with van der Waals surface area (Å²) in [5, 5.41) is 2.66. The minimum absolute atomic E-state index is 0.140. The summed E-state index contributed by atoms with van der Waals surface area (Å²) in [4.78, 5) is 2.45. The van der Waals surface area contributed by atoms with Crippen LogP contribution < -0.4 is 4.90 Å². The van der Waals surface area contributed by atoms with E-state index in [1.54, 1.807) is 0 Å². The van der Waals surface area contributed by atoms with Crippen molar-refractivity contribution in [2.24, 2.45) is 0 Å². The molecule has 318 valence electrons. The molecule has 1 nitrogen and oxygen atoms in total. The van der Waals surface area contributed by atoms with E-state index in [4.69, 9.17) is 0 Å². The molecule has 0 fully saturated rings. The molecule has 67 heavy (non-hydrogen) atoms. The van der Waals surface area contributed by atoms with Crippen molar-refractivity contribution in [1.82, 2.24) is 0 Å². The van der Waals surface area contributed by atoms with Gasteiger partial charge in [-0.15, -0.1) is 11.3 Å². The van der Waals surface area contributed by atoms with Gasteiger partial charge in [-0.25, -0.2) is 0 Å². The Hall–Kier alpha value is -7.78. The van der Waals surface area contributed by atoms with E-state index in [9.17, 15) is 0 Å². The van der Waals surface area contributed by atoms with Crippen molar-refractivity contribution in [3.63, 3.8) is 0 Å². The third-order valence-corrected chi connectivity index (χ3v) is 16.2. The van der Waals surface area contributed by atoms with Crippen LogP contribution in [0, 0.1) is 0 Å². The van der Waals surface area contributed by atoms with Gasteiger partial charge in [-0.1, -0.05) is 196 Å². The maximum Gasteiger partial charge on any atom is 0.0732 e. The predicted molar refractivity (Wildman–Crippen MR) is 286 cm³/mol. The summed E-state index contributed by atoms with van der Waals surface area (Å²) >= 11 is 1.93. The molecule has 0 bridgehead atoms. The third-order valence-electron chi connectivity index (χ3n) is 15.0. The molecule has 1 aromatic heterocycles. The maximum absolute atomic E-state index is 4.00. The van der Waals surface area contributed by atoms with Gasteiger partial charge < -0.3 is 4.90 Å². The molecular weight excluding hydrogens is 827 g/mol. The van der Waals surface area contributed by atoms with E-state index in [2.05, 4.69) is 245 Å². The summed E-state index contributed by atoms with van der Waals surface area (Å²) in [6, 6.07) is 73.4. The molecule has 1 spiro atoms. The number of rotatable bonds is 7. The van der Waals surface area contributed by atoms with Crippen molar-refractivity contribution in [2.45, 2.75) is 31.6 Å². The highest BCUT2D eigenvalue weighted by Crippen LogP contribution is 2.66. The van der Waals surface area contributed by atoms with Gasteiger partial charge in [0.25, 0.3) is 0 Å². The highest BCUT2D eigenvalue weighted by Gasteiger charge is 2.53. The van der Waals surface area contributed by atoms with Crippen LogP contribution in [0.2, 0.25) is 0 Å². The molecule has 3 aliphatic rings. The van der Waals surface area contributed by atoms with Crippen molar-refractivity contribution >= 4 is 54.1 Å². The van der Waals surface area contributed by atoms with E-state index < -0.39 is 5.41 Å². The number of hydrogen-bond acceptors (Lipinski definition) is 2. The van der Waals surface area contributed by atoms with Crippen molar-refractivity contribution in [2.75, 3.05) is 4.90 Å². The Morgan fingerprint density at radius 1 is 0.507 bits per heavy atom. The van der Waals surface area contributed by atoms with Crippen LogP contribution in [0.3, 0.4) is 0 Å². The molecule has 13 rings (SSSR count). The third kappa shape index (κ3) is 5.54. The number of hydrogen-bond donors (Lipinski definition) is 0. The molecule has 3 aliphatic carbocycles. The van der Waals surface area contributed by atoms with Crippen molar-refractivity contribution in [3.05, 3.63) is 264 Å². The Balaban J connectivity index is 1.03. The average Bonchev–Trinajstić information content (AvgIpc) is 4.06. The van der Waals surface area contributed by atoms with Crippen LogP contribution in [-0.2, 0) is 10.8 Å². The number of thiophene rings is 1. The summed E-state index contributed by atoms with van der Waals surface area (Å²) in [7, 11) is 0. The molecule has 9 aromatic carbocycles. The molecule has 1 unspecified atom stereocenters. The second-order valence-corrected chi connectivity index (χ2v) is 19.8. The van der Waals surface area contributed by atoms with Gasteiger partial charge in [-0.05, 0) is 133 Å². The Bertz CT molecular complexity index is 3760. The molecule has 0 saturated carbocycles. The molecule has 1 heterocycles. The second kappa shape index (κ2) is 14.9. The fourth-order valence-corrected chi connectivity index (χ4v) is 13.4. The van der Waals surface area contributed by atoms with Gasteiger partial charge in [0.1, 0.15) is 0 Å². The van der Waals surface area contributed by atoms with Crippen LogP contribution >= 0.6 is 11.3 Å². The normalized spacial score (nSPS) is 16.0. The monoisotopic (exact) mass is 873 g/mol. The first kappa shape index (κ1) is 39.6. The fraction of sp³-hybridized carbons (Fsp3) is 0.0769.